The lowest BCUT2D eigenvalue weighted by Gasteiger charge is -2.18. The normalized spacial score (nSPS) is 12.9. The summed E-state index contributed by atoms with van der Waals surface area (Å²) in [6.45, 7) is 3.99. The summed E-state index contributed by atoms with van der Waals surface area (Å²) in [7, 11) is 0. The quantitative estimate of drug-likeness (QED) is 0.184. The van der Waals surface area contributed by atoms with Gasteiger partial charge in [-0.1, -0.05) is 115 Å². The van der Waals surface area contributed by atoms with Gasteiger partial charge in [0.05, 0.1) is 0 Å². The number of nitrogens with two attached hydrogens (primary N) is 1. The van der Waals surface area contributed by atoms with Gasteiger partial charge in [0.2, 0.25) is 0 Å². The van der Waals surface area contributed by atoms with E-state index in [9.17, 15) is 0 Å². The number of fused-ring (bicyclic) bond motifs is 1. The summed E-state index contributed by atoms with van der Waals surface area (Å²) in [5.41, 5.74) is 18.9. The van der Waals surface area contributed by atoms with Crippen molar-refractivity contribution in [1.82, 2.24) is 19.9 Å². The molecule has 7 aromatic rings. The predicted octanol–water partition coefficient (Wildman–Crippen LogP) is 10.5. The second-order valence-corrected chi connectivity index (χ2v) is 12.5. The molecule has 0 saturated heterocycles. The number of allylic oxidation sites excluding steroid dienone is 4. The molecule has 2 heterocycles. The third-order valence-corrected chi connectivity index (χ3v) is 9.29. The smallest absolute Gasteiger partial charge is 0.165 e. The van der Waals surface area contributed by atoms with Crippen LogP contribution in [0.3, 0.4) is 0 Å². The molecule has 0 fully saturated rings. The fourth-order valence-electron chi connectivity index (χ4n) is 6.69. The molecule has 0 atom stereocenters. The lowest BCUT2D eigenvalue weighted by atomic mass is 9.86. The van der Waals surface area contributed by atoms with E-state index in [0.717, 1.165) is 52.2 Å². The van der Waals surface area contributed by atoms with Gasteiger partial charge in [0.25, 0.3) is 0 Å². The monoisotopic (exact) mass is 633 g/mol. The average molecular weight is 634 g/mol. The van der Waals surface area contributed by atoms with E-state index < -0.39 is 0 Å². The summed E-state index contributed by atoms with van der Waals surface area (Å²) in [6.07, 6.45) is 6.54. The lowest BCUT2D eigenvalue weighted by molar-refractivity contribution is 1.05. The fourth-order valence-corrected chi connectivity index (χ4v) is 6.69. The Hall–Kier alpha value is -6.20. The molecule has 0 spiro atoms. The van der Waals surface area contributed by atoms with Crippen LogP contribution < -0.4 is 5.73 Å². The van der Waals surface area contributed by atoms with Crippen molar-refractivity contribution in [2.24, 2.45) is 0 Å². The van der Waals surface area contributed by atoms with Gasteiger partial charge in [-0.2, -0.15) is 0 Å². The summed E-state index contributed by atoms with van der Waals surface area (Å²) in [5.74, 6) is 1.89. The standard InChI is InChI=1S/C44H35N5/c1-28-12-25-37(29(2)46-28)44-48-42(34-8-4-3-5-9-34)47-43(49-44)35-19-17-33(18-20-35)39-27-26-38(40-10-6-7-11-41(39)40)32-15-13-30(14-16-32)31-21-23-36(45)24-22-31/h3-13,15,17-27H,14,16,45H2,1-2H3. The molecule has 1 aliphatic rings. The van der Waals surface area contributed by atoms with Gasteiger partial charge in [0.15, 0.2) is 17.5 Å². The van der Waals surface area contributed by atoms with Crippen LogP contribution in [0.4, 0.5) is 5.69 Å². The molecule has 0 bridgehead atoms. The van der Waals surface area contributed by atoms with Gasteiger partial charge in [-0.05, 0) is 95.1 Å². The van der Waals surface area contributed by atoms with Crippen LogP contribution in [0.2, 0.25) is 0 Å². The number of anilines is 1. The first-order valence-corrected chi connectivity index (χ1v) is 16.6. The van der Waals surface area contributed by atoms with Gasteiger partial charge >= 0.3 is 0 Å². The minimum atomic E-state index is 0.618. The van der Waals surface area contributed by atoms with E-state index >= 15 is 0 Å². The van der Waals surface area contributed by atoms with E-state index in [1.54, 1.807) is 0 Å². The second kappa shape index (κ2) is 12.8. The van der Waals surface area contributed by atoms with Crippen LogP contribution in [-0.4, -0.2) is 19.9 Å². The Labute approximate surface area is 286 Å². The Morgan fingerprint density at radius 2 is 0.959 bits per heavy atom. The molecule has 5 heteroatoms. The van der Waals surface area contributed by atoms with E-state index in [2.05, 4.69) is 89.9 Å². The number of hydrogen-bond acceptors (Lipinski definition) is 5. The maximum atomic E-state index is 5.91. The van der Waals surface area contributed by atoms with Crippen molar-refractivity contribution < 1.29 is 0 Å². The highest BCUT2D eigenvalue weighted by Crippen LogP contribution is 2.38. The molecule has 0 aliphatic heterocycles. The number of pyridine rings is 1. The van der Waals surface area contributed by atoms with Crippen molar-refractivity contribution in [1.29, 1.82) is 0 Å². The predicted molar refractivity (Wildman–Crippen MR) is 202 cm³/mol. The summed E-state index contributed by atoms with van der Waals surface area (Å²) < 4.78 is 0. The van der Waals surface area contributed by atoms with Crippen molar-refractivity contribution in [2.75, 3.05) is 5.73 Å². The molecule has 2 aromatic heterocycles. The largest absolute Gasteiger partial charge is 0.399 e. The van der Waals surface area contributed by atoms with Crippen LogP contribution in [0, 0.1) is 13.8 Å². The third-order valence-electron chi connectivity index (χ3n) is 9.29. The summed E-state index contributed by atoms with van der Waals surface area (Å²) in [5, 5.41) is 2.49. The SMILES string of the molecule is Cc1ccc(-c2nc(-c3ccccc3)nc(-c3ccc(-c4ccc(C5=CC=C(c6ccc(N)cc6)CC5)c5ccccc45)cc3)n2)c(C)n1. The molecule has 236 valence electrons. The van der Waals surface area contributed by atoms with Crippen molar-refractivity contribution in [3.8, 4) is 45.3 Å². The Balaban J connectivity index is 1.15. The van der Waals surface area contributed by atoms with Gasteiger partial charge in [0, 0.05) is 33.8 Å². The fraction of sp³-hybridized carbons (Fsp3) is 0.0909. The molecule has 0 amide bonds. The first-order valence-electron chi connectivity index (χ1n) is 16.6. The highest BCUT2D eigenvalue weighted by atomic mass is 15.0. The van der Waals surface area contributed by atoms with E-state index in [-0.39, 0.29) is 0 Å². The maximum absolute atomic E-state index is 5.91. The Bertz CT molecular complexity index is 2390. The number of nitrogen functional groups attached to an aromatic ring is 1. The number of benzene rings is 5. The van der Waals surface area contributed by atoms with Crippen molar-refractivity contribution in [3.05, 3.63) is 162 Å². The molecule has 0 unspecified atom stereocenters. The molecule has 0 radical (unpaired) electrons. The summed E-state index contributed by atoms with van der Waals surface area (Å²) in [6, 6.07) is 44.1. The summed E-state index contributed by atoms with van der Waals surface area (Å²) >= 11 is 0. The van der Waals surface area contributed by atoms with Crippen LogP contribution in [0.5, 0.6) is 0 Å². The Kier molecular flexibility index (Phi) is 7.86. The molecule has 2 N–H and O–H groups in total. The number of rotatable bonds is 6. The van der Waals surface area contributed by atoms with Gasteiger partial charge in [0.1, 0.15) is 0 Å². The van der Waals surface area contributed by atoms with Crippen LogP contribution in [0.1, 0.15) is 35.4 Å². The molecule has 8 rings (SSSR count). The lowest BCUT2D eigenvalue weighted by Crippen LogP contribution is -2.02. The molecule has 0 saturated carbocycles. The van der Waals surface area contributed by atoms with Crippen LogP contribution in [0.25, 0.3) is 67.2 Å². The highest BCUT2D eigenvalue weighted by molar-refractivity contribution is 6.03. The van der Waals surface area contributed by atoms with Crippen LogP contribution in [-0.2, 0) is 0 Å². The van der Waals surface area contributed by atoms with Gasteiger partial charge in [-0.3, -0.25) is 4.98 Å². The first-order chi connectivity index (χ1) is 24.0. The molecular weight excluding hydrogens is 599 g/mol. The number of aryl methyl sites for hydroxylation is 2. The van der Waals surface area contributed by atoms with Crippen molar-refractivity contribution >= 4 is 27.6 Å². The molecule has 5 aromatic carbocycles. The zero-order valence-electron chi connectivity index (χ0n) is 27.6. The Morgan fingerprint density at radius 3 is 1.63 bits per heavy atom. The van der Waals surface area contributed by atoms with E-state index in [1.807, 2.05) is 68.4 Å². The first kappa shape index (κ1) is 30.2. The molecule has 5 nitrogen and oxygen atoms in total. The van der Waals surface area contributed by atoms with Gasteiger partial charge < -0.3 is 5.73 Å². The second-order valence-electron chi connectivity index (χ2n) is 12.5. The maximum Gasteiger partial charge on any atom is 0.165 e. The van der Waals surface area contributed by atoms with Gasteiger partial charge in [-0.25, -0.2) is 15.0 Å². The van der Waals surface area contributed by atoms with E-state index in [1.165, 1.54) is 38.6 Å². The third kappa shape index (κ3) is 6.03. The number of hydrogen-bond donors (Lipinski definition) is 1. The minimum Gasteiger partial charge on any atom is -0.399 e. The highest BCUT2D eigenvalue weighted by Gasteiger charge is 2.17. The zero-order valence-corrected chi connectivity index (χ0v) is 27.6. The van der Waals surface area contributed by atoms with Crippen molar-refractivity contribution in [2.45, 2.75) is 26.7 Å². The zero-order chi connectivity index (χ0) is 33.3. The topological polar surface area (TPSA) is 77.6 Å². The number of aromatic nitrogens is 4. The van der Waals surface area contributed by atoms with Crippen LogP contribution >= 0.6 is 0 Å². The molecule has 49 heavy (non-hydrogen) atoms. The van der Waals surface area contributed by atoms with Crippen molar-refractivity contribution in [3.63, 3.8) is 0 Å². The van der Waals surface area contributed by atoms with Crippen LogP contribution in [0.15, 0.2) is 140 Å². The molecule has 1 aliphatic carbocycles. The van der Waals surface area contributed by atoms with E-state index in [0.29, 0.717) is 17.5 Å². The van der Waals surface area contributed by atoms with E-state index in [4.69, 9.17) is 20.7 Å². The molecular formula is C44H35N5. The average Bonchev–Trinajstić information content (AvgIpc) is 3.15. The Morgan fingerprint density at radius 1 is 0.429 bits per heavy atom. The minimum absolute atomic E-state index is 0.618. The number of nitrogens with zero attached hydrogens (tertiary/aromatic N) is 4. The van der Waals surface area contributed by atoms with Gasteiger partial charge in [-0.15, -0.1) is 0 Å². The summed E-state index contributed by atoms with van der Waals surface area (Å²) in [4.78, 5) is 19.4.